The van der Waals surface area contributed by atoms with Gasteiger partial charge in [0.05, 0.1) is 6.61 Å². The van der Waals surface area contributed by atoms with Gasteiger partial charge in [-0.05, 0) is 60.4 Å². The molecular weight excluding hydrogens is 466 g/mol. The molecule has 0 spiro atoms. The van der Waals surface area contributed by atoms with Gasteiger partial charge in [0.2, 0.25) is 0 Å². The van der Waals surface area contributed by atoms with Crippen molar-refractivity contribution in [3.63, 3.8) is 0 Å². The van der Waals surface area contributed by atoms with E-state index in [1.165, 1.54) is 29.8 Å². The molecule has 1 aliphatic rings. The first-order valence-electron chi connectivity index (χ1n) is 13.6. The highest BCUT2D eigenvalue weighted by Gasteiger charge is 2.19. The number of piperazine rings is 1. The highest BCUT2D eigenvalue weighted by molar-refractivity contribution is 5.30. The van der Waals surface area contributed by atoms with Gasteiger partial charge in [0.15, 0.2) is 0 Å². The molecule has 0 bridgehead atoms. The van der Waals surface area contributed by atoms with Crippen LogP contribution in [0.25, 0.3) is 0 Å². The van der Waals surface area contributed by atoms with Crippen LogP contribution in [0.1, 0.15) is 57.8 Å². The number of hydrogen-bond acceptors (Lipinski definition) is 3. The van der Waals surface area contributed by atoms with Crippen molar-refractivity contribution in [2.45, 2.75) is 46.6 Å². The molecule has 5 heteroatoms. The number of allylic oxidation sites excluding steroid dienone is 4. The van der Waals surface area contributed by atoms with Gasteiger partial charge in [0.25, 0.3) is 0 Å². The summed E-state index contributed by atoms with van der Waals surface area (Å²) in [6.45, 7) is 22.2. The smallest absolute Gasteiger partial charge is 0.123 e. The molecule has 0 unspecified atom stereocenters. The van der Waals surface area contributed by atoms with Crippen LogP contribution in [-0.4, -0.2) is 55.7 Å². The average Bonchev–Trinajstić information content (AvgIpc) is 2.95. The lowest BCUT2D eigenvalue weighted by molar-refractivity contribution is 0.0451. The van der Waals surface area contributed by atoms with Crippen LogP contribution < -0.4 is 0 Å². The molecule has 3 rings (SSSR count). The highest BCUT2D eigenvalue weighted by Crippen LogP contribution is 2.26. The minimum Gasteiger partial charge on any atom is -0.367 e. The molecule has 1 heterocycles. The van der Waals surface area contributed by atoms with Gasteiger partial charge in [-0.1, -0.05) is 83.3 Å². The van der Waals surface area contributed by atoms with E-state index in [1.807, 2.05) is 45.9 Å². The van der Waals surface area contributed by atoms with E-state index in [1.54, 1.807) is 24.3 Å². The van der Waals surface area contributed by atoms with Crippen LogP contribution in [0.2, 0.25) is 0 Å². The van der Waals surface area contributed by atoms with Gasteiger partial charge in [-0.15, -0.1) is 0 Å². The van der Waals surface area contributed by atoms with Gasteiger partial charge in [-0.25, -0.2) is 8.78 Å². The van der Waals surface area contributed by atoms with Crippen LogP contribution in [0, 0.1) is 11.6 Å². The third-order valence-corrected chi connectivity index (χ3v) is 6.04. The fourth-order valence-corrected chi connectivity index (χ4v) is 4.11. The Labute approximate surface area is 224 Å². The molecule has 0 amide bonds. The summed E-state index contributed by atoms with van der Waals surface area (Å²) in [6.07, 6.45) is 7.54. The molecule has 1 fully saturated rings. The Morgan fingerprint density at radius 1 is 0.811 bits per heavy atom. The van der Waals surface area contributed by atoms with Gasteiger partial charge >= 0.3 is 0 Å². The van der Waals surface area contributed by atoms with Crippen LogP contribution in [0.5, 0.6) is 0 Å². The molecule has 2 aromatic carbocycles. The maximum atomic E-state index is 13.4. The Hall–Kier alpha value is -2.60. The lowest BCUT2D eigenvalue weighted by atomic mass is 10.0. The molecule has 37 heavy (non-hydrogen) atoms. The Kier molecular flexibility index (Phi) is 17.1. The van der Waals surface area contributed by atoms with Gasteiger partial charge in [-0.3, -0.25) is 4.90 Å². The van der Waals surface area contributed by atoms with E-state index in [0.29, 0.717) is 6.61 Å². The van der Waals surface area contributed by atoms with Gasteiger partial charge in [-0.2, -0.15) is 0 Å². The monoisotopic (exact) mass is 512 g/mol. The van der Waals surface area contributed by atoms with E-state index in [2.05, 4.69) is 23.0 Å². The van der Waals surface area contributed by atoms with Crippen molar-refractivity contribution in [3.8, 4) is 0 Å². The lowest BCUT2D eigenvalue weighted by Crippen LogP contribution is -2.47. The molecule has 0 aromatic heterocycles. The van der Waals surface area contributed by atoms with E-state index in [0.717, 1.165) is 63.2 Å². The predicted molar refractivity (Wildman–Crippen MR) is 154 cm³/mol. The quantitative estimate of drug-likeness (QED) is 0.270. The van der Waals surface area contributed by atoms with Crippen molar-refractivity contribution < 1.29 is 13.5 Å². The fourth-order valence-electron chi connectivity index (χ4n) is 4.11. The standard InChI is InChI=1S/C28H34F2N2O.2C2H6/c1-3-6-23(4-2)7-5-16-31-17-19-32(20-18-31)21-22-33-28(24-8-12-26(29)13-9-24)25-10-14-27(30)15-11-25;2*1-2/h3-4,6,8-15,28H,1-2,5,7,16-22H2;2*1-2H3/b23-6+;;. The zero-order valence-electron chi connectivity index (χ0n) is 23.3. The second kappa shape index (κ2) is 19.5. The Morgan fingerprint density at radius 3 is 1.70 bits per heavy atom. The molecule has 0 N–H and O–H groups in total. The first kappa shape index (κ1) is 32.4. The number of hydrogen-bond donors (Lipinski definition) is 0. The minimum atomic E-state index is -0.352. The van der Waals surface area contributed by atoms with Gasteiger partial charge < -0.3 is 9.64 Å². The largest absolute Gasteiger partial charge is 0.367 e. The maximum absolute atomic E-state index is 13.4. The minimum absolute atomic E-state index is 0.285. The van der Waals surface area contributed by atoms with Crippen molar-refractivity contribution in [1.82, 2.24) is 9.80 Å². The molecule has 0 saturated carbocycles. The molecule has 204 valence electrons. The number of benzene rings is 2. The topological polar surface area (TPSA) is 15.7 Å². The third-order valence-electron chi connectivity index (χ3n) is 6.04. The zero-order chi connectivity index (χ0) is 27.5. The van der Waals surface area contributed by atoms with Gasteiger partial charge in [0, 0.05) is 32.7 Å². The number of ether oxygens (including phenoxy) is 1. The lowest BCUT2D eigenvalue weighted by Gasteiger charge is -2.35. The van der Waals surface area contributed by atoms with E-state index in [9.17, 15) is 8.78 Å². The summed E-state index contributed by atoms with van der Waals surface area (Å²) in [6, 6.07) is 12.6. The van der Waals surface area contributed by atoms with Crippen molar-refractivity contribution in [2.24, 2.45) is 0 Å². The van der Waals surface area contributed by atoms with E-state index >= 15 is 0 Å². The summed E-state index contributed by atoms with van der Waals surface area (Å²) in [7, 11) is 0. The second-order valence-corrected chi connectivity index (χ2v) is 8.32. The normalized spacial score (nSPS) is 14.3. The van der Waals surface area contributed by atoms with Crippen LogP contribution >= 0.6 is 0 Å². The molecule has 0 aliphatic carbocycles. The number of nitrogens with zero attached hydrogens (tertiary/aromatic N) is 2. The SMILES string of the molecule is C=C/C=C(\C=C)CCCN1CCN(CCOC(c2ccc(F)cc2)c2ccc(F)cc2)CC1.CC.CC. The summed E-state index contributed by atoms with van der Waals surface area (Å²) in [5, 5.41) is 0. The molecule has 1 saturated heterocycles. The maximum Gasteiger partial charge on any atom is 0.123 e. The molecule has 0 atom stereocenters. The summed E-state index contributed by atoms with van der Waals surface area (Å²) >= 11 is 0. The average molecular weight is 513 g/mol. The Morgan fingerprint density at radius 2 is 1.27 bits per heavy atom. The highest BCUT2D eigenvalue weighted by atomic mass is 19.1. The van der Waals surface area contributed by atoms with E-state index in [4.69, 9.17) is 4.74 Å². The summed E-state index contributed by atoms with van der Waals surface area (Å²) in [5.41, 5.74) is 2.95. The second-order valence-electron chi connectivity index (χ2n) is 8.32. The summed E-state index contributed by atoms with van der Waals surface area (Å²) in [4.78, 5) is 4.92. The summed E-state index contributed by atoms with van der Waals surface area (Å²) < 4.78 is 33.0. The molecule has 0 radical (unpaired) electrons. The van der Waals surface area contributed by atoms with Crippen molar-refractivity contribution >= 4 is 0 Å². The molecular formula is C32H46F2N2O. The van der Waals surface area contributed by atoms with Crippen LogP contribution in [0.4, 0.5) is 8.78 Å². The summed E-state index contributed by atoms with van der Waals surface area (Å²) in [5.74, 6) is -0.571. The van der Waals surface area contributed by atoms with Crippen LogP contribution in [-0.2, 0) is 4.74 Å². The van der Waals surface area contributed by atoms with Crippen molar-refractivity contribution in [1.29, 1.82) is 0 Å². The third kappa shape index (κ3) is 12.0. The predicted octanol–water partition coefficient (Wildman–Crippen LogP) is 7.82. The van der Waals surface area contributed by atoms with E-state index in [-0.39, 0.29) is 17.7 Å². The van der Waals surface area contributed by atoms with Crippen molar-refractivity contribution in [2.75, 3.05) is 45.9 Å². The number of rotatable bonds is 12. The molecule has 1 aliphatic heterocycles. The Bertz CT molecular complexity index is 856. The Balaban J connectivity index is 0.00000163. The first-order valence-corrected chi connectivity index (χ1v) is 13.6. The van der Waals surface area contributed by atoms with Crippen LogP contribution in [0.3, 0.4) is 0 Å². The number of halogens is 2. The fraction of sp³-hybridized carbons (Fsp3) is 0.438. The first-order chi connectivity index (χ1) is 18.1. The zero-order valence-corrected chi connectivity index (χ0v) is 23.3. The molecule has 2 aromatic rings. The van der Waals surface area contributed by atoms with Gasteiger partial charge in [0.1, 0.15) is 17.7 Å². The van der Waals surface area contributed by atoms with Crippen molar-refractivity contribution in [3.05, 3.63) is 108 Å². The molecule has 3 nitrogen and oxygen atoms in total. The van der Waals surface area contributed by atoms with Crippen LogP contribution in [0.15, 0.2) is 85.5 Å². The van der Waals surface area contributed by atoms with E-state index < -0.39 is 0 Å².